The molecule has 0 bridgehead atoms. The fourth-order valence-corrected chi connectivity index (χ4v) is 2.63. The predicted octanol–water partition coefficient (Wildman–Crippen LogP) is 6.81. The van der Waals surface area contributed by atoms with Gasteiger partial charge in [0.25, 0.3) is 0 Å². The van der Waals surface area contributed by atoms with Crippen LogP contribution < -0.4 is 0 Å². The van der Waals surface area contributed by atoms with Gasteiger partial charge in [-0.05, 0) is 17.2 Å². The van der Waals surface area contributed by atoms with Crippen LogP contribution in [-0.4, -0.2) is 5.71 Å². The normalized spacial score (nSPS) is 12.2. The third-order valence-corrected chi connectivity index (χ3v) is 3.59. The van der Waals surface area contributed by atoms with Crippen LogP contribution in [0.2, 0.25) is 0 Å². The van der Waals surface area contributed by atoms with Gasteiger partial charge < -0.3 is 0 Å². The van der Waals surface area contributed by atoms with Crippen molar-refractivity contribution in [2.45, 2.75) is 54.9 Å². The zero-order chi connectivity index (χ0) is 17.5. The van der Waals surface area contributed by atoms with Crippen molar-refractivity contribution in [1.29, 1.82) is 0 Å². The highest BCUT2D eigenvalue weighted by molar-refractivity contribution is 6.07. The molecule has 0 unspecified atom stereocenters. The summed E-state index contributed by atoms with van der Waals surface area (Å²) in [6.07, 6.45) is 0.968. The van der Waals surface area contributed by atoms with E-state index in [2.05, 4.69) is 69.3 Å². The highest BCUT2D eigenvalue weighted by atomic mass is 14.8. The molecule has 1 heterocycles. The first-order valence-corrected chi connectivity index (χ1v) is 8.81. The maximum atomic E-state index is 4.97. The molecule has 0 saturated heterocycles. The van der Waals surface area contributed by atoms with Crippen LogP contribution in [0, 0.1) is 5.41 Å². The Kier molecular flexibility index (Phi) is 7.22. The number of fused-ring (bicyclic) bond motifs is 2. The first kappa shape index (κ1) is 19.2. The van der Waals surface area contributed by atoms with Crippen LogP contribution >= 0.6 is 0 Å². The molecular formula is C22H31N. The Morgan fingerprint density at radius 2 is 1.26 bits per heavy atom. The Morgan fingerprint density at radius 3 is 1.87 bits per heavy atom. The van der Waals surface area contributed by atoms with Crippen LogP contribution in [0.1, 0.15) is 65.2 Å². The van der Waals surface area contributed by atoms with E-state index in [9.17, 15) is 0 Å². The first-order valence-electron chi connectivity index (χ1n) is 8.81. The van der Waals surface area contributed by atoms with Crippen molar-refractivity contribution in [3.8, 4) is 0 Å². The van der Waals surface area contributed by atoms with Gasteiger partial charge in [-0.15, -0.1) is 0 Å². The molecule has 0 spiro atoms. The molecule has 0 aliphatic carbocycles. The number of benzene rings is 2. The number of aliphatic imine (C=N–C) groups is 1. The third-order valence-electron chi connectivity index (χ3n) is 3.59. The number of nitrogens with zero attached hydrogens (tertiary/aromatic N) is 1. The van der Waals surface area contributed by atoms with Crippen LogP contribution in [0.25, 0.3) is 0 Å². The van der Waals surface area contributed by atoms with Gasteiger partial charge in [-0.2, -0.15) is 0 Å². The van der Waals surface area contributed by atoms with E-state index < -0.39 is 0 Å². The molecule has 124 valence electrons. The van der Waals surface area contributed by atoms with Crippen LogP contribution in [0.3, 0.4) is 0 Å². The Bertz CT molecular complexity index is 645. The summed E-state index contributed by atoms with van der Waals surface area (Å²) < 4.78 is 0. The van der Waals surface area contributed by atoms with E-state index in [0.717, 1.165) is 12.1 Å². The summed E-state index contributed by atoms with van der Waals surface area (Å²) in [5.74, 6) is 0. The van der Waals surface area contributed by atoms with Crippen molar-refractivity contribution >= 4 is 11.4 Å². The predicted molar refractivity (Wildman–Crippen MR) is 104 cm³/mol. The molecular weight excluding hydrogens is 278 g/mol. The largest absolute Gasteiger partial charge is 0.252 e. The molecule has 1 heteroatoms. The van der Waals surface area contributed by atoms with Gasteiger partial charge in [-0.1, -0.05) is 90.9 Å². The van der Waals surface area contributed by atoms with Gasteiger partial charge in [0.05, 0.1) is 11.4 Å². The molecule has 1 aliphatic heterocycles. The second kappa shape index (κ2) is 8.67. The molecule has 0 amide bonds. The molecule has 0 atom stereocenters. The average molecular weight is 309 g/mol. The van der Waals surface area contributed by atoms with Crippen molar-refractivity contribution in [1.82, 2.24) is 0 Å². The molecule has 1 nitrogen and oxygen atoms in total. The summed E-state index contributed by atoms with van der Waals surface area (Å²) in [6, 6.07) is 17.1. The summed E-state index contributed by atoms with van der Waals surface area (Å²) >= 11 is 0. The quantitative estimate of drug-likeness (QED) is 0.507. The van der Waals surface area contributed by atoms with E-state index in [1.54, 1.807) is 0 Å². The van der Waals surface area contributed by atoms with Crippen LogP contribution in [0.5, 0.6) is 0 Å². The zero-order valence-corrected chi connectivity index (χ0v) is 15.8. The summed E-state index contributed by atoms with van der Waals surface area (Å²) in [6.45, 7) is 14.7. The van der Waals surface area contributed by atoms with E-state index in [1.165, 1.54) is 22.4 Å². The maximum Gasteiger partial charge on any atom is 0.0668 e. The van der Waals surface area contributed by atoms with Gasteiger partial charge in [0.1, 0.15) is 0 Å². The fourth-order valence-electron chi connectivity index (χ4n) is 2.63. The minimum Gasteiger partial charge on any atom is -0.252 e. The molecule has 2 aromatic carbocycles. The molecule has 2 aromatic rings. The smallest absolute Gasteiger partial charge is 0.0668 e. The average Bonchev–Trinajstić information content (AvgIpc) is 2.75. The Hall–Kier alpha value is -1.89. The Labute approximate surface area is 142 Å². The lowest BCUT2D eigenvalue weighted by Gasteiger charge is -2.22. The zero-order valence-electron chi connectivity index (χ0n) is 15.8. The molecule has 0 N–H and O–H groups in total. The molecule has 3 rings (SSSR count). The van der Waals surface area contributed by atoms with Gasteiger partial charge in [-0.25, -0.2) is 0 Å². The molecule has 1 aliphatic rings. The Morgan fingerprint density at radius 1 is 0.739 bits per heavy atom. The fraction of sp³-hybridized carbons (Fsp3) is 0.409. The minimum absolute atomic E-state index is 0.0492. The number of hydrogen-bond donors (Lipinski definition) is 0. The van der Waals surface area contributed by atoms with Crippen LogP contribution in [-0.2, 0) is 6.42 Å². The highest BCUT2D eigenvalue weighted by Gasteiger charge is 2.25. The van der Waals surface area contributed by atoms with E-state index in [0.29, 0.717) is 0 Å². The number of para-hydroxylation sites is 1. The standard InChI is InChI=1S/C18H19N.2C2H6/c1-18(2,3)17-15-10-6-4-8-13(15)12-14-9-5-7-11-16(14)19-17;2*1-2/h4-11H,12H2,1-3H3;2*1-2H3. The molecule has 0 radical (unpaired) electrons. The van der Waals surface area contributed by atoms with Crippen molar-refractivity contribution in [2.24, 2.45) is 10.4 Å². The van der Waals surface area contributed by atoms with E-state index in [-0.39, 0.29) is 5.41 Å². The van der Waals surface area contributed by atoms with Gasteiger partial charge in [0, 0.05) is 17.4 Å². The van der Waals surface area contributed by atoms with E-state index in [4.69, 9.17) is 4.99 Å². The summed E-state index contributed by atoms with van der Waals surface area (Å²) in [4.78, 5) is 4.97. The lowest BCUT2D eigenvalue weighted by molar-refractivity contribution is 0.592. The van der Waals surface area contributed by atoms with E-state index in [1.807, 2.05) is 27.7 Å². The monoisotopic (exact) mass is 309 g/mol. The van der Waals surface area contributed by atoms with Crippen LogP contribution in [0.4, 0.5) is 5.69 Å². The first-order chi connectivity index (χ1) is 11.1. The van der Waals surface area contributed by atoms with Crippen LogP contribution in [0.15, 0.2) is 53.5 Å². The summed E-state index contributed by atoms with van der Waals surface area (Å²) in [5.41, 5.74) is 6.34. The lowest BCUT2D eigenvalue weighted by atomic mass is 9.83. The summed E-state index contributed by atoms with van der Waals surface area (Å²) in [5, 5.41) is 0. The minimum atomic E-state index is 0.0492. The molecule has 0 aromatic heterocycles. The molecule has 0 fully saturated rings. The topological polar surface area (TPSA) is 12.4 Å². The van der Waals surface area contributed by atoms with Gasteiger partial charge in [0.2, 0.25) is 0 Å². The number of hydrogen-bond acceptors (Lipinski definition) is 1. The van der Waals surface area contributed by atoms with Crippen molar-refractivity contribution in [3.63, 3.8) is 0 Å². The third kappa shape index (κ3) is 4.54. The van der Waals surface area contributed by atoms with Crippen molar-refractivity contribution in [3.05, 3.63) is 65.2 Å². The van der Waals surface area contributed by atoms with Crippen molar-refractivity contribution in [2.75, 3.05) is 0 Å². The Balaban J connectivity index is 0.000000615. The molecule has 23 heavy (non-hydrogen) atoms. The lowest BCUT2D eigenvalue weighted by Crippen LogP contribution is -2.22. The maximum absolute atomic E-state index is 4.97. The second-order valence-corrected chi connectivity index (χ2v) is 6.17. The summed E-state index contributed by atoms with van der Waals surface area (Å²) in [7, 11) is 0. The molecule has 0 saturated carbocycles. The van der Waals surface area contributed by atoms with Gasteiger partial charge >= 0.3 is 0 Å². The van der Waals surface area contributed by atoms with Gasteiger partial charge in [-0.3, -0.25) is 4.99 Å². The number of rotatable bonds is 0. The van der Waals surface area contributed by atoms with Crippen molar-refractivity contribution < 1.29 is 0 Å². The van der Waals surface area contributed by atoms with E-state index >= 15 is 0 Å². The second-order valence-electron chi connectivity index (χ2n) is 6.17. The van der Waals surface area contributed by atoms with Gasteiger partial charge in [0.15, 0.2) is 0 Å². The highest BCUT2D eigenvalue weighted by Crippen LogP contribution is 2.33. The SMILES string of the molecule is CC.CC.CC(C)(C)C1=Nc2ccccc2Cc2ccccc21.